The van der Waals surface area contributed by atoms with E-state index in [1.165, 1.54) is 13.8 Å². The maximum Gasteiger partial charge on any atom is 0.326 e. The first-order chi connectivity index (χ1) is 12.1. The van der Waals surface area contributed by atoms with Gasteiger partial charge in [-0.15, -0.1) is 0 Å². The van der Waals surface area contributed by atoms with Gasteiger partial charge in [0.05, 0.1) is 6.61 Å². The lowest BCUT2D eigenvalue weighted by Crippen LogP contribution is -2.55. The standard InChI is InChI=1S/C15H29N5O6/c1-8(19-14(24)10(17)7-21)12(22)18-9(2)13(23)20-11(15(25)26)5-3-4-6-16/h8-11,21H,3-7,16-17H2,1-2H3,(H,18,22)(H,19,24)(H,20,23)(H,25,26). The normalized spacial score (nSPS) is 15.3. The van der Waals surface area contributed by atoms with Crippen molar-refractivity contribution in [2.24, 2.45) is 11.5 Å². The van der Waals surface area contributed by atoms with Crippen LogP contribution in [0.4, 0.5) is 0 Å². The Kier molecular flexibility index (Phi) is 11.1. The van der Waals surface area contributed by atoms with E-state index in [-0.39, 0.29) is 6.42 Å². The quantitative estimate of drug-likeness (QED) is 0.175. The topological polar surface area (TPSA) is 197 Å². The van der Waals surface area contributed by atoms with Crippen LogP contribution in [0.3, 0.4) is 0 Å². The smallest absolute Gasteiger partial charge is 0.326 e. The lowest BCUT2D eigenvalue weighted by molar-refractivity contribution is -0.142. The summed E-state index contributed by atoms with van der Waals surface area (Å²) in [5, 5.41) is 24.9. The Labute approximate surface area is 151 Å². The molecule has 0 aliphatic rings. The summed E-state index contributed by atoms with van der Waals surface area (Å²) in [5.74, 6) is -3.20. The van der Waals surface area contributed by atoms with E-state index in [2.05, 4.69) is 16.0 Å². The lowest BCUT2D eigenvalue weighted by Gasteiger charge is -2.21. The largest absolute Gasteiger partial charge is 0.480 e. The summed E-state index contributed by atoms with van der Waals surface area (Å²) >= 11 is 0. The van der Waals surface area contributed by atoms with Crippen LogP contribution in [0.2, 0.25) is 0 Å². The molecule has 11 heteroatoms. The number of aliphatic hydroxyl groups excluding tert-OH is 1. The SMILES string of the molecule is CC(NC(=O)C(N)CO)C(=O)NC(C)C(=O)NC(CCCCN)C(=O)O. The number of aliphatic carboxylic acids is 1. The summed E-state index contributed by atoms with van der Waals surface area (Å²) in [5.41, 5.74) is 10.7. The van der Waals surface area contributed by atoms with E-state index in [9.17, 15) is 19.2 Å². The highest BCUT2D eigenvalue weighted by atomic mass is 16.4. The van der Waals surface area contributed by atoms with Crippen LogP contribution in [0.5, 0.6) is 0 Å². The number of rotatable bonds is 12. The minimum Gasteiger partial charge on any atom is -0.480 e. The molecule has 150 valence electrons. The van der Waals surface area contributed by atoms with Crippen LogP contribution in [0.15, 0.2) is 0 Å². The molecule has 3 amide bonds. The molecule has 0 saturated carbocycles. The highest BCUT2D eigenvalue weighted by Crippen LogP contribution is 2.01. The van der Waals surface area contributed by atoms with Crippen LogP contribution in [0, 0.1) is 0 Å². The Bertz CT molecular complexity index is 501. The van der Waals surface area contributed by atoms with Gasteiger partial charge >= 0.3 is 5.97 Å². The van der Waals surface area contributed by atoms with Crippen LogP contribution in [0.1, 0.15) is 33.1 Å². The molecule has 0 spiro atoms. The zero-order valence-electron chi connectivity index (χ0n) is 15.0. The zero-order valence-corrected chi connectivity index (χ0v) is 15.0. The third-order valence-corrected chi connectivity index (χ3v) is 3.60. The Morgan fingerprint density at radius 3 is 1.88 bits per heavy atom. The molecule has 0 heterocycles. The fourth-order valence-corrected chi connectivity index (χ4v) is 1.92. The molecule has 0 fully saturated rings. The van der Waals surface area contributed by atoms with E-state index in [0.717, 1.165) is 0 Å². The maximum atomic E-state index is 12.1. The van der Waals surface area contributed by atoms with Crippen LogP contribution in [-0.2, 0) is 19.2 Å². The highest BCUT2D eigenvalue weighted by molar-refractivity contribution is 5.93. The molecule has 11 nitrogen and oxygen atoms in total. The molecule has 26 heavy (non-hydrogen) atoms. The van der Waals surface area contributed by atoms with Crippen molar-refractivity contribution in [2.45, 2.75) is 57.3 Å². The van der Waals surface area contributed by atoms with Gasteiger partial charge in [-0.1, -0.05) is 0 Å². The number of nitrogens with two attached hydrogens (primary N) is 2. The van der Waals surface area contributed by atoms with E-state index in [1.54, 1.807) is 0 Å². The molecule has 4 unspecified atom stereocenters. The summed E-state index contributed by atoms with van der Waals surface area (Å²) in [7, 11) is 0. The molecule has 4 atom stereocenters. The van der Waals surface area contributed by atoms with Gasteiger partial charge in [-0.2, -0.15) is 0 Å². The van der Waals surface area contributed by atoms with Gasteiger partial charge < -0.3 is 37.6 Å². The van der Waals surface area contributed by atoms with Crippen LogP contribution >= 0.6 is 0 Å². The Hall–Kier alpha value is -2.24. The molecule has 0 aliphatic carbocycles. The van der Waals surface area contributed by atoms with Gasteiger partial charge in [0.15, 0.2) is 0 Å². The minimum absolute atomic E-state index is 0.227. The van der Waals surface area contributed by atoms with Crippen LogP contribution < -0.4 is 27.4 Å². The second kappa shape index (κ2) is 12.2. The Balaban J connectivity index is 4.55. The molecule has 0 saturated heterocycles. The van der Waals surface area contributed by atoms with Crippen molar-refractivity contribution < 1.29 is 29.4 Å². The Morgan fingerprint density at radius 2 is 1.42 bits per heavy atom. The van der Waals surface area contributed by atoms with Gasteiger partial charge in [-0.25, -0.2) is 4.79 Å². The first-order valence-corrected chi connectivity index (χ1v) is 8.34. The van der Waals surface area contributed by atoms with Crippen molar-refractivity contribution in [2.75, 3.05) is 13.2 Å². The number of carboxylic acid groups (broad SMARTS) is 1. The van der Waals surface area contributed by atoms with Gasteiger partial charge in [0, 0.05) is 0 Å². The van der Waals surface area contributed by atoms with Crippen molar-refractivity contribution in [3.05, 3.63) is 0 Å². The summed E-state index contributed by atoms with van der Waals surface area (Å²) in [6.07, 6.45) is 1.41. The summed E-state index contributed by atoms with van der Waals surface area (Å²) < 4.78 is 0. The molecular formula is C15H29N5O6. The third-order valence-electron chi connectivity index (χ3n) is 3.60. The number of aliphatic hydroxyl groups is 1. The number of carbonyl (C=O) groups excluding carboxylic acids is 3. The number of carboxylic acids is 1. The van der Waals surface area contributed by atoms with E-state index in [1.807, 2.05) is 0 Å². The van der Waals surface area contributed by atoms with Crippen molar-refractivity contribution >= 4 is 23.7 Å². The summed E-state index contributed by atoms with van der Waals surface area (Å²) in [4.78, 5) is 46.8. The van der Waals surface area contributed by atoms with Crippen molar-refractivity contribution in [1.29, 1.82) is 0 Å². The van der Waals surface area contributed by atoms with Crippen molar-refractivity contribution in [1.82, 2.24) is 16.0 Å². The molecule has 9 N–H and O–H groups in total. The first-order valence-electron chi connectivity index (χ1n) is 8.34. The highest BCUT2D eigenvalue weighted by Gasteiger charge is 2.26. The average molecular weight is 375 g/mol. The predicted molar refractivity (Wildman–Crippen MR) is 92.7 cm³/mol. The fourth-order valence-electron chi connectivity index (χ4n) is 1.92. The number of nitrogens with one attached hydrogen (secondary N) is 3. The van der Waals surface area contributed by atoms with Gasteiger partial charge in [-0.05, 0) is 39.7 Å². The number of amides is 3. The first kappa shape index (κ1) is 23.8. The Morgan fingerprint density at radius 1 is 0.923 bits per heavy atom. The van der Waals surface area contributed by atoms with Gasteiger partial charge in [0.25, 0.3) is 0 Å². The average Bonchev–Trinajstić information content (AvgIpc) is 2.59. The number of unbranched alkanes of at least 4 members (excludes halogenated alkanes) is 1. The van der Waals surface area contributed by atoms with Gasteiger partial charge in [0.1, 0.15) is 24.2 Å². The number of hydrogen-bond acceptors (Lipinski definition) is 7. The zero-order chi connectivity index (χ0) is 20.3. The number of carbonyl (C=O) groups is 4. The molecule has 0 aromatic heterocycles. The second-order valence-electron chi connectivity index (χ2n) is 5.93. The van der Waals surface area contributed by atoms with E-state index in [0.29, 0.717) is 19.4 Å². The maximum absolute atomic E-state index is 12.1. The molecule has 0 aromatic rings. The van der Waals surface area contributed by atoms with E-state index >= 15 is 0 Å². The van der Waals surface area contributed by atoms with Crippen LogP contribution in [-0.4, -0.2) is 71.2 Å². The van der Waals surface area contributed by atoms with Gasteiger partial charge in [0.2, 0.25) is 17.7 Å². The molecule has 0 bridgehead atoms. The summed E-state index contributed by atoms with van der Waals surface area (Å²) in [6, 6.07) is -4.23. The minimum atomic E-state index is -1.17. The molecule has 0 radical (unpaired) electrons. The van der Waals surface area contributed by atoms with Crippen molar-refractivity contribution in [3.63, 3.8) is 0 Å². The molecule has 0 aliphatic heterocycles. The summed E-state index contributed by atoms with van der Waals surface area (Å²) in [6.45, 7) is 2.63. The molecule has 0 aromatic carbocycles. The second-order valence-corrected chi connectivity index (χ2v) is 5.93. The third kappa shape index (κ3) is 8.74. The number of hydrogen-bond donors (Lipinski definition) is 7. The van der Waals surface area contributed by atoms with Crippen molar-refractivity contribution in [3.8, 4) is 0 Å². The molecule has 0 rings (SSSR count). The molecular weight excluding hydrogens is 346 g/mol. The monoisotopic (exact) mass is 375 g/mol. The van der Waals surface area contributed by atoms with E-state index < -0.39 is 54.5 Å². The lowest BCUT2D eigenvalue weighted by atomic mass is 10.1. The van der Waals surface area contributed by atoms with Gasteiger partial charge in [-0.3, -0.25) is 14.4 Å². The fraction of sp³-hybridized carbons (Fsp3) is 0.733. The van der Waals surface area contributed by atoms with E-state index in [4.69, 9.17) is 21.7 Å². The van der Waals surface area contributed by atoms with Crippen LogP contribution in [0.25, 0.3) is 0 Å². The predicted octanol–water partition coefficient (Wildman–Crippen LogP) is -2.99.